The highest BCUT2D eigenvalue weighted by molar-refractivity contribution is 6.02. The molecule has 0 bridgehead atoms. The number of nitrogens with zero attached hydrogens (tertiary/aromatic N) is 5. The Hall–Kier alpha value is -4.16. The van der Waals surface area contributed by atoms with Crippen molar-refractivity contribution < 1.29 is 19.4 Å². The van der Waals surface area contributed by atoms with Crippen LogP contribution >= 0.6 is 0 Å². The van der Waals surface area contributed by atoms with E-state index in [0.29, 0.717) is 18.5 Å². The van der Waals surface area contributed by atoms with Gasteiger partial charge >= 0.3 is 0 Å². The third-order valence-corrected chi connectivity index (χ3v) is 5.20. The molecular weight excluding hydrogens is 455 g/mol. The molecule has 1 unspecified atom stereocenters. The number of rotatable bonds is 11. The topological polar surface area (TPSA) is 148 Å². The molecule has 5 N–H and O–H groups in total. The number of carbonyl (C=O) groups excluding carboxylic acids is 1. The van der Waals surface area contributed by atoms with E-state index in [9.17, 15) is 9.18 Å². The molecule has 0 saturated carbocycles. The summed E-state index contributed by atoms with van der Waals surface area (Å²) in [6, 6.07) is 13.2. The highest BCUT2D eigenvalue weighted by Crippen LogP contribution is 2.32. The molecule has 0 fully saturated rings. The summed E-state index contributed by atoms with van der Waals surface area (Å²) in [6.07, 6.45) is 1.17. The van der Waals surface area contributed by atoms with Crippen molar-refractivity contribution in [3.05, 3.63) is 65.5 Å². The number of amides is 1. The van der Waals surface area contributed by atoms with E-state index in [0.717, 1.165) is 16.8 Å². The second-order valence-electron chi connectivity index (χ2n) is 7.61. The Kier molecular flexibility index (Phi) is 7.75. The maximum atomic E-state index is 13.3. The number of aliphatic hydroxyl groups excluding tert-OH is 2. The van der Waals surface area contributed by atoms with Crippen LogP contribution in [0.3, 0.4) is 0 Å². The van der Waals surface area contributed by atoms with E-state index in [2.05, 4.69) is 36.0 Å². The van der Waals surface area contributed by atoms with Gasteiger partial charge in [0.15, 0.2) is 0 Å². The Labute approximate surface area is 200 Å². The largest absolute Gasteiger partial charge is 0.395 e. The van der Waals surface area contributed by atoms with Gasteiger partial charge in [-0.25, -0.2) is 9.40 Å². The van der Waals surface area contributed by atoms with Gasteiger partial charge < -0.3 is 26.2 Å². The van der Waals surface area contributed by atoms with Gasteiger partial charge in [0.05, 0.1) is 25.0 Å². The lowest BCUT2D eigenvalue weighted by atomic mass is 9.98. The first kappa shape index (κ1) is 24.0. The number of benzene rings is 2. The van der Waals surface area contributed by atoms with E-state index in [1.165, 1.54) is 17.1 Å². The van der Waals surface area contributed by atoms with Crippen molar-refractivity contribution in [3.8, 4) is 0 Å². The number of nitrogens with one attached hydrogen (secondary N) is 3. The van der Waals surface area contributed by atoms with E-state index in [1.807, 2.05) is 24.3 Å². The number of aliphatic hydroxyl groups is 2. The van der Waals surface area contributed by atoms with Crippen LogP contribution in [0.25, 0.3) is 0 Å². The molecule has 0 spiro atoms. The van der Waals surface area contributed by atoms with Gasteiger partial charge in [-0.2, -0.15) is 20.1 Å². The van der Waals surface area contributed by atoms with Gasteiger partial charge in [0.1, 0.15) is 5.82 Å². The third kappa shape index (κ3) is 6.05. The number of aromatic nitrogens is 3. The first-order valence-corrected chi connectivity index (χ1v) is 11.0. The van der Waals surface area contributed by atoms with Crippen LogP contribution in [0.15, 0.2) is 53.6 Å². The fourth-order valence-corrected chi connectivity index (χ4v) is 3.56. The summed E-state index contributed by atoms with van der Waals surface area (Å²) in [5.41, 5.74) is 3.10. The van der Waals surface area contributed by atoms with Crippen molar-refractivity contribution >= 4 is 35.7 Å². The minimum Gasteiger partial charge on any atom is -0.395 e. The second kappa shape index (κ2) is 11.3. The normalized spacial score (nSPS) is 15.0. The summed E-state index contributed by atoms with van der Waals surface area (Å²) in [7, 11) is 0. The lowest BCUT2D eigenvalue weighted by Gasteiger charge is -2.17. The minimum absolute atomic E-state index is 0.0806. The Morgan fingerprint density at radius 1 is 0.914 bits per heavy atom. The smallest absolute Gasteiger partial charge is 0.233 e. The second-order valence-corrected chi connectivity index (χ2v) is 7.61. The fourth-order valence-electron chi connectivity index (χ4n) is 3.56. The van der Waals surface area contributed by atoms with Crippen LogP contribution in [-0.4, -0.2) is 68.6 Å². The van der Waals surface area contributed by atoms with Gasteiger partial charge in [-0.1, -0.05) is 24.3 Å². The van der Waals surface area contributed by atoms with Crippen molar-refractivity contribution in [2.24, 2.45) is 5.10 Å². The maximum Gasteiger partial charge on any atom is 0.233 e. The highest BCUT2D eigenvalue weighted by Gasteiger charge is 2.28. The number of hydrogen-bond acceptors (Lipinski definition) is 10. The molecule has 1 amide bonds. The summed E-state index contributed by atoms with van der Waals surface area (Å²) < 4.78 is 13.3. The van der Waals surface area contributed by atoms with Gasteiger partial charge in [0, 0.05) is 25.2 Å². The lowest BCUT2D eigenvalue weighted by molar-refractivity contribution is -0.119. The minimum atomic E-state index is -0.334. The molecule has 1 aliphatic rings. The van der Waals surface area contributed by atoms with E-state index in [-0.39, 0.29) is 56.0 Å². The first-order valence-electron chi connectivity index (χ1n) is 11.0. The average Bonchev–Trinajstić information content (AvgIpc) is 3.31. The molecule has 1 aromatic heterocycles. The first-order chi connectivity index (χ1) is 17.1. The summed E-state index contributed by atoms with van der Waals surface area (Å²) in [5, 5.41) is 32.7. The molecular formula is C23H25FN8O3. The Bertz CT molecular complexity index is 1150. The van der Waals surface area contributed by atoms with E-state index >= 15 is 0 Å². The summed E-state index contributed by atoms with van der Waals surface area (Å²) in [6.45, 7) is 0.387. The molecule has 0 aliphatic carbocycles. The Morgan fingerprint density at radius 3 is 2.09 bits per heavy atom. The zero-order valence-corrected chi connectivity index (χ0v) is 18.7. The molecule has 0 saturated heterocycles. The van der Waals surface area contributed by atoms with E-state index in [4.69, 9.17) is 10.2 Å². The molecule has 11 nitrogen and oxygen atoms in total. The van der Waals surface area contributed by atoms with Crippen molar-refractivity contribution in [1.29, 1.82) is 0 Å². The van der Waals surface area contributed by atoms with Crippen LogP contribution in [0, 0.1) is 5.82 Å². The van der Waals surface area contributed by atoms with Crippen LogP contribution in [0.1, 0.15) is 23.6 Å². The van der Waals surface area contributed by atoms with Crippen LogP contribution in [0.5, 0.6) is 0 Å². The quantitative estimate of drug-likeness (QED) is 0.259. The summed E-state index contributed by atoms with van der Waals surface area (Å²) in [5.74, 6) is 0.485. The van der Waals surface area contributed by atoms with Crippen LogP contribution in [0.2, 0.25) is 0 Å². The maximum absolute atomic E-state index is 13.3. The molecule has 2 aromatic carbocycles. The molecule has 182 valence electrons. The van der Waals surface area contributed by atoms with Gasteiger partial charge in [-0.3, -0.25) is 4.79 Å². The number of hydrogen-bond donors (Lipinski definition) is 5. The van der Waals surface area contributed by atoms with Crippen LogP contribution in [-0.2, 0) is 4.79 Å². The molecule has 4 rings (SSSR count). The predicted molar refractivity (Wildman–Crippen MR) is 129 cm³/mol. The highest BCUT2D eigenvalue weighted by atomic mass is 19.1. The third-order valence-electron chi connectivity index (χ3n) is 5.20. The standard InChI is InChI=1S/C23H25FN8O3/c24-17-5-1-16(2-6-17)20-13-19(31-32(20)14-35)15-3-7-18(8-4-15)27-23-29-21(25-9-11-33)28-22(30-23)26-10-12-34/h1-8,14,20,33-34H,9-13H2,(H3,25,26,27,28,29,30). The van der Waals surface area contributed by atoms with Crippen LogP contribution in [0.4, 0.5) is 27.9 Å². The lowest BCUT2D eigenvalue weighted by Crippen LogP contribution is -2.17. The molecule has 1 aliphatic heterocycles. The molecule has 12 heteroatoms. The molecule has 2 heterocycles. The van der Waals surface area contributed by atoms with Crippen molar-refractivity contribution in [2.75, 3.05) is 42.3 Å². The number of anilines is 4. The van der Waals surface area contributed by atoms with Crippen LogP contribution < -0.4 is 16.0 Å². The monoisotopic (exact) mass is 480 g/mol. The predicted octanol–water partition coefficient (Wildman–Crippen LogP) is 1.87. The fraction of sp³-hybridized carbons (Fsp3) is 0.261. The molecule has 1 atom stereocenters. The van der Waals surface area contributed by atoms with Crippen molar-refractivity contribution in [3.63, 3.8) is 0 Å². The Morgan fingerprint density at radius 2 is 1.51 bits per heavy atom. The zero-order valence-electron chi connectivity index (χ0n) is 18.7. The molecule has 35 heavy (non-hydrogen) atoms. The SMILES string of the molecule is O=CN1N=C(c2ccc(Nc3nc(NCCO)nc(NCCO)n3)cc2)CC1c1ccc(F)cc1. The summed E-state index contributed by atoms with van der Waals surface area (Å²) in [4.78, 5) is 24.3. The van der Waals surface area contributed by atoms with Gasteiger partial charge in [0.2, 0.25) is 24.3 Å². The number of hydrazone groups is 1. The average molecular weight is 481 g/mol. The van der Waals surface area contributed by atoms with Crippen molar-refractivity contribution in [2.45, 2.75) is 12.5 Å². The van der Waals surface area contributed by atoms with Gasteiger partial charge in [0.25, 0.3) is 0 Å². The number of halogens is 1. The zero-order chi connectivity index (χ0) is 24.6. The van der Waals surface area contributed by atoms with Gasteiger partial charge in [-0.05, 0) is 35.4 Å². The van der Waals surface area contributed by atoms with E-state index in [1.54, 1.807) is 12.1 Å². The molecule has 0 radical (unpaired) electrons. The number of carbonyl (C=O) groups is 1. The van der Waals surface area contributed by atoms with Gasteiger partial charge in [-0.15, -0.1) is 0 Å². The Balaban J connectivity index is 1.48. The molecule has 3 aromatic rings. The summed E-state index contributed by atoms with van der Waals surface area (Å²) >= 11 is 0. The van der Waals surface area contributed by atoms with E-state index < -0.39 is 0 Å². The van der Waals surface area contributed by atoms with Crippen molar-refractivity contribution in [1.82, 2.24) is 20.0 Å².